The lowest BCUT2D eigenvalue weighted by atomic mass is 10.0. The third kappa shape index (κ3) is 6.50. The topological polar surface area (TPSA) is 32.7 Å². The van der Waals surface area contributed by atoms with Crippen molar-refractivity contribution in [2.24, 2.45) is 0 Å². The molecule has 1 unspecified atom stereocenters. The van der Waals surface area contributed by atoms with Gasteiger partial charge < -0.3 is 14.7 Å². The van der Waals surface area contributed by atoms with E-state index in [9.17, 15) is 49.0 Å². The molecule has 3 aromatic carbocycles. The van der Waals surface area contributed by atoms with Crippen LogP contribution >= 0.6 is 0 Å². The molecule has 0 saturated carbocycles. The van der Waals surface area contributed by atoms with Crippen LogP contribution in [0.15, 0.2) is 78.9 Å². The second-order valence-electron chi connectivity index (χ2n) is 8.20. The summed E-state index contributed by atoms with van der Waals surface area (Å²) in [6.45, 7) is -2.07. The SMILES string of the molecule is OC(CN(Cc1cccc(C(F)(F)C(F)(F)F)c1)c1cccc(Oc2ccccc2)c1)C(F)(F)C(F)(F)F. The van der Waals surface area contributed by atoms with Crippen molar-refractivity contribution in [3.05, 3.63) is 90.0 Å². The maximum absolute atomic E-state index is 13.8. The van der Waals surface area contributed by atoms with Gasteiger partial charge in [-0.2, -0.15) is 43.9 Å². The Morgan fingerprint density at radius 1 is 0.684 bits per heavy atom. The fourth-order valence-electron chi connectivity index (χ4n) is 3.39. The van der Waals surface area contributed by atoms with Crippen molar-refractivity contribution in [3.63, 3.8) is 0 Å². The monoisotopic (exact) mass is 555 g/mol. The molecule has 0 aromatic heterocycles. The maximum atomic E-state index is 13.8. The molecule has 206 valence electrons. The van der Waals surface area contributed by atoms with Crippen LogP contribution in [0.2, 0.25) is 0 Å². The summed E-state index contributed by atoms with van der Waals surface area (Å²) in [6.07, 6.45) is -15.3. The van der Waals surface area contributed by atoms with Gasteiger partial charge in [0.05, 0.1) is 6.54 Å². The number of rotatable bonds is 9. The first kappa shape index (κ1) is 29.1. The van der Waals surface area contributed by atoms with Gasteiger partial charge in [0.25, 0.3) is 0 Å². The van der Waals surface area contributed by atoms with Crippen LogP contribution in [-0.4, -0.2) is 36.0 Å². The second-order valence-corrected chi connectivity index (χ2v) is 8.20. The molecule has 0 amide bonds. The molecule has 0 saturated heterocycles. The van der Waals surface area contributed by atoms with Gasteiger partial charge in [-0.1, -0.05) is 42.5 Å². The highest BCUT2D eigenvalue weighted by molar-refractivity contribution is 5.52. The predicted octanol–water partition coefficient (Wildman–Crippen LogP) is 7.70. The molecule has 3 aromatic rings. The van der Waals surface area contributed by atoms with Gasteiger partial charge in [-0.15, -0.1) is 0 Å². The molecule has 0 spiro atoms. The summed E-state index contributed by atoms with van der Waals surface area (Å²) in [5, 5.41) is 9.81. The Morgan fingerprint density at radius 2 is 1.29 bits per heavy atom. The van der Waals surface area contributed by atoms with E-state index in [-0.39, 0.29) is 17.0 Å². The molecule has 0 bridgehead atoms. The van der Waals surface area contributed by atoms with Crippen LogP contribution in [0.4, 0.5) is 49.6 Å². The van der Waals surface area contributed by atoms with E-state index in [0.717, 1.165) is 17.0 Å². The normalized spacial score (nSPS) is 13.8. The zero-order valence-corrected chi connectivity index (χ0v) is 19.1. The van der Waals surface area contributed by atoms with Crippen molar-refractivity contribution in [2.45, 2.75) is 36.8 Å². The van der Waals surface area contributed by atoms with Gasteiger partial charge in [-0.25, -0.2) is 0 Å². The summed E-state index contributed by atoms with van der Waals surface area (Å²) < 4.78 is 138. The number of halogens is 10. The molecule has 0 heterocycles. The number of hydrogen-bond donors (Lipinski definition) is 1. The van der Waals surface area contributed by atoms with Crippen molar-refractivity contribution < 1.29 is 53.7 Å². The molecule has 0 fully saturated rings. The molecular weight excluding hydrogens is 536 g/mol. The van der Waals surface area contributed by atoms with Gasteiger partial charge in [0, 0.05) is 23.9 Å². The van der Waals surface area contributed by atoms with Gasteiger partial charge in [0.2, 0.25) is 0 Å². The van der Waals surface area contributed by atoms with Crippen molar-refractivity contribution in [2.75, 3.05) is 11.4 Å². The molecule has 0 aliphatic rings. The minimum Gasteiger partial charge on any atom is -0.457 e. The minimum atomic E-state index is -6.11. The lowest BCUT2D eigenvalue weighted by Crippen LogP contribution is -2.52. The Bertz CT molecular complexity index is 1210. The number of aliphatic hydroxyl groups is 1. The first-order valence-corrected chi connectivity index (χ1v) is 10.8. The molecule has 0 aliphatic carbocycles. The second kappa shape index (κ2) is 10.7. The average Bonchev–Trinajstić information content (AvgIpc) is 2.83. The molecule has 0 aliphatic heterocycles. The van der Waals surface area contributed by atoms with E-state index in [2.05, 4.69) is 0 Å². The molecule has 3 rings (SSSR count). The van der Waals surface area contributed by atoms with E-state index >= 15 is 0 Å². The van der Waals surface area contributed by atoms with Crippen molar-refractivity contribution in [1.82, 2.24) is 0 Å². The number of anilines is 1. The Balaban J connectivity index is 1.98. The summed E-state index contributed by atoms with van der Waals surface area (Å²) in [5.41, 5.74) is -1.81. The number of para-hydroxylation sites is 1. The summed E-state index contributed by atoms with van der Waals surface area (Å²) >= 11 is 0. The minimum absolute atomic E-state index is 0.0801. The van der Waals surface area contributed by atoms with Gasteiger partial charge >= 0.3 is 24.2 Å². The van der Waals surface area contributed by atoms with Gasteiger partial charge in [0.15, 0.2) is 0 Å². The van der Waals surface area contributed by atoms with Crippen LogP contribution in [0.3, 0.4) is 0 Å². The number of hydrogen-bond acceptors (Lipinski definition) is 3. The zero-order chi connectivity index (χ0) is 28.4. The van der Waals surface area contributed by atoms with E-state index in [0.29, 0.717) is 17.9 Å². The van der Waals surface area contributed by atoms with Crippen molar-refractivity contribution in [1.29, 1.82) is 0 Å². The van der Waals surface area contributed by atoms with Crippen LogP contribution in [0.25, 0.3) is 0 Å². The largest absolute Gasteiger partial charge is 0.458 e. The van der Waals surface area contributed by atoms with Gasteiger partial charge in [-0.05, 0) is 35.9 Å². The molecule has 1 atom stereocenters. The highest BCUT2D eigenvalue weighted by Gasteiger charge is 2.62. The first-order valence-electron chi connectivity index (χ1n) is 10.8. The highest BCUT2D eigenvalue weighted by Crippen LogP contribution is 2.44. The summed E-state index contributed by atoms with van der Waals surface area (Å²) in [5.74, 6) is -10.3. The zero-order valence-electron chi connectivity index (χ0n) is 19.1. The van der Waals surface area contributed by atoms with E-state index in [1.54, 1.807) is 30.3 Å². The van der Waals surface area contributed by atoms with Crippen LogP contribution in [0, 0.1) is 0 Å². The van der Waals surface area contributed by atoms with Crippen LogP contribution in [-0.2, 0) is 12.5 Å². The van der Waals surface area contributed by atoms with Crippen LogP contribution in [0.1, 0.15) is 11.1 Å². The van der Waals surface area contributed by atoms with Crippen molar-refractivity contribution in [3.8, 4) is 11.5 Å². The standard InChI is InChI=1S/C25H19F10NO2/c26-22(27,24(30,31)32)17-7-4-6-16(12-17)14-36(15-21(37)23(28,29)25(33,34)35)18-8-5-11-20(13-18)38-19-9-2-1-3-10-19/h1-13,21,37H,14-15H2. The van der Waals surface area contributed by atoms with Crippen LogP contribution in [0.5, 0.6) is 11.5 Å². The molecule has 3 nitrogen and oxygen atoms in total. The summed E-state index contributed by atoms with van der Waals surface area (Å²) in [6, 6.07) is 16.3. The van der Waals surface area contributed by atoms with E-state index < -0.39 is 49.0 Å². The maximum Gasteiger partial charge on any atom is 0.458 e. The molecule has 13 heteroatoms. The van der Waals surface area contributed by atoms with E-state index in [4.69, 9.17) is 4.74 Å². The molecule has 1 N–H and O–H groups in total. The van der Waals surface area contributed by atoms with Crippen LogP contribution < -0.4 is 9.64 Å². The number of alkyl halides is 10. The molecule has 0 radical (unpaired) electrons. The Hall–Kier alpha value is -3.48. The van der Waals surface area contributed by atoms with Gasteiger partial charge in [0.1, 0.15) is 17.6 Å². The summed E-state index contributed by atoms with van der Waals surface area (Å²) in [4.78, 5) is 0.785. The highest BCUT2D eigenvalue weighted by atomic mass is 19.4. The number of aliphatic hydroxyl groups excluding tert-OH is 1. The Kier molecular flexibility index (Phi) is 8.20. The fraction of sp³-hybridized carbons (Fsp3) is 0.280. The van der Waals surface area contributed by atoms with Gasteiger partial charge in [-0.3, -0.25) is 0 Å². The lowest BCUT2D eigenvalue weighted by molar-refractivity contribution is -0.311. The Labute approximate surface area is 209 Å². The first-order chi connectivity index (χ1) is 17.5. The third-order valence-electron chi connectivity index (χ3n) is 5.37. The van der Waals surface area contributed by atoms with E-state index in [1.807, 2.05) is 0 Å². The number of benzene rings is 3. The number of ether oxygens (including phenoxy) is 1. The smallest absolute Gasteiger partial charge is 0.457 e. The van der Waals surface area contributed by atoms with E-state index in [1.165, 1.54) is 24.3 Å². The Morgan fingerprint density at radius 3 is 1.89 bits per heavy atom. The fourth-order valence-corrected chi connectivity index (χ4v) is 3.39. The summed E-state index contributed by atoms with van der Waals surface area (Å²) in [7, 11) is 0. The number of nitrogens with zero attached hydrogens (tertiary/aromatic N) is 1. The molecular formula is C25H19F10NO2. The quantitative estimate of drug-likeness (QED) is 0.275. The predicted molar refractivity (Wildman–Crippen MR) is 117 cm³/mol. The average molecular weight is 555 g/mol. The van der Waals surface area contributed by atoms with Crippen molar-refractivity contribution >= 4 is 5.69 Å². The molecule has 38 heavy (non-hydrogen) atoms. The lowest BCUT2D eigenvalue weighted by Gasteiger charge is -2.32. The third-order valence-corrected chi connectivity index (χ3v) is 5.37.